The van der Waals surface area contributed by atoms with E-state index in [4.69, 9.17) is 5.26 Å². The van der Waals surface area contributed by atoms with Crippen LogP contribution in [0.15, 0.2) is 29.2 Å². The van der Waals surface area contributed by atoms with Crippen LogP contribution in [0.5, 0.6) is 0 Å². The highest BCUT2D eigenvalue weighted by atomic mass is 32.2. The Hall–Kier alpha value is -1.49. The van der Waals surface area contributed by atoms with Crippen LogP contribution >= 0.6 is 0 Å². The first-order chi connectivity index (χ1) is 10.0. The molecule has 1 aromatic rings. The number of rotatable bonds is 4. The van der Waals surface area contributed by atoms with Gasteiger partial charge in [-0.3, -0.25) is 4.90 Å². The van der Waals surface area contributed by atoms with Gasteiger partial charge < -0.3 is 0 Å². The van der Waals surface area contributed by atoms with Crippen molar-refractivity contribution in [2.24, 2.45) is 0 Å². The number of halogens is 1. The Morgan fingerprint density at radius 3 is 2.43 bits per heavy atom. The summed E-state index contributed by atoms with van der Waals surface area (Å²) in [4.78, 5) is 1.68. The Bertz CT molecular complexity index is 634. The highest BCUT2D eigenvalue weighted by molar-refractivity contribution is 7.89. The number of benzene rings is 1. The van der Waals surface area contributed by atoms with Gasteiger partial charge >= 0.3 is 0 Å². The van der Waals surface area contributed by atoms with E-state index in [0.717, 1.165) is 6.07 Å². The minimum absolute atomic E-state index is 0.191. The summed E-state index contributed by atoms with van der Waals surface area (Å²) in [5.74, 6) is -0.733. The molecule has 1 aliphatic rings. The van der Waals surface area contributed by atoms with E-state index in [9.17, 15) is 12.8 Å². The fraction of sp³-hybridized carbons (Fsp3) is 0.500. The average Bonchev–Trinajstić information content (AvgIpc) is 2.49. The van der Waals surface area contributed by atoms with Gasteiger partial charge in [0.15, 0.2) is 0 Å². The lowest BCUT2D eigenvalue weighted by Crippen LogP contribution is -2.51. The van der Waals surface area contributed by atoms with Gasteiger partial charge in [-0.05, 0) is 18.6 Å². The van der Waals surface area contributed by atoms with E-state index in [2.05, 4.69) is 6.07 Å². The van der Waals surface area contributed by atoms with Crippen molar-refractivity contribution in [3.05, 3.63) is 30.1 Å². The molecule has 1 aromatic carbocycles. The molecule has 0 spiro atoms. The molecule has 114 valence electrons. The lowest BCUT2D eigenvalue weighted by atomic mass is 10.2. The number of hydrogen-bond acceptors (Lipinski definition) is 4. The molecule has 1 aliphatic heterocycles. The second-order valence-electron chi connectivity index (χ2n) is 4.92. The zero-order valence-corrected chi connectivity index (χ0v) is 12.7. The van der Waals surface area contributed by atoms with Gasteiger partial charge in [0.1, 0.15) is 10.7 Å². The second-order valence-corrected chi connectivity index (χ2v) is 6.83. The molecule has 1 unspecified atom stereocenters. The number of piperazine rings is 1. The first kappa shape index (κ1) is 15.9. The van der Waals surface area contributed by atoms with Gasteiger partial charge in [0, 0.05) is 26.2 Å². The first-order valence-electron chi connectivity index (χ1n) is 6.89. The van der Waals surface area contributed by atoms with Gasteiger partial charge in [-0.2, -0.15) is 9.57 Å². The van der Waals surface area contributed by atoms with Gasteiger partial charge in [-0.1, -0.05) is 19.1 Å². The maximum absolute atomic E-state index is 13.7. The van der Waals surface area contributed by atoms with Gasteiger partial charge in [-0.15, -0.1) is 0 Å². The van der Waals surface area contributed by atoms with Crippen molar-refractivity contribution in [3.8, 4) is 6.07 Å². The lowest BCUT2D eigenvalue weighted by molar-refractivity contribution is 0.159. The van der Waals surface area contributed by atoms with Crippen LogP contribution < -0.4 is 0 Å². The van der Waals surface area contributed by atoms with Crippen molar-refractivity contribution >= 4 is 10.0 Å². The summed E-state index contributed by atoms with van der Waals surface area (Å²) >= 11 is 0. The number of nitriles is 1. The summed E-state index contributed by atoms with van der Waals surface area (Å²) < 4.78 is 39.8. The summed E-state index contributed by atoms with van der Waals surface area (Å²) in [6.45, 7) is 3.44. The lowest BCUT2D eigenvalue weighted by Gasteiger charge is -2.35. The van der Waals surface area contributed by atoms with Crippen molar-refractivity contribution in [2.75, 3.05) is 26.2 Å². The minimum atomic E-state index is -3.81. The third-order valence-electron chi connectivity index (χ3n) is 3.70. The van der Waals surface area contributed by atoms with Crippen LogP contribution in [0.4, 0.5) is 4.39 Å². The summed E-state index contributed by atoms with van der Waals surface area (Å²) in [5.41, 5.74) is 0. The molecule has 21 heavy (non-hydrogen) atoms. The Kier molecular flexibility index (Phi) is 4.93. The molecule has 0 bridgehead atoms. The summed E-state index contributed by atoms with van der Waals surface area (Å²) in [6, 6.07) is 7.42. The van der Waals surface area contributed by atoms with Crippen molar-refractivity contribution in [1.29, 1.82) is 5.26 Å². The van der Waals surface area contributed by atoms with Gasteiger partial charge in [0.2, 0.25) is 10.0 Å². The van der Waals surface area contributed by atoms with Crippen LogP contribution in [0.1, 0.15) is 13.3 Å². The molecule has 1 atom stereocenters. The van der Waals surface area contributed by atoms with Crippen molar-refractivity contribution in [2.45, 2.75) is 24.3 Å². The van der Waals surface area contributed by atoms with Gasteiger partial charge in [-0.25, -0.2) is 12.8 Å². The normalized spacial score (nSPS) is 19.1. The molecule has 1 fully saturated rings. The van der Waals surface area contributed by atoms with Gasteiger partial charge in [0.05, 0.1) is 12.1 Å². The molecule has 0 N–H and O–H groups in total. The monoisotopic (exact) mass is 311 g/mol. The fourth-order valence-corrected chi connectivity index (χ4v) is 3.97. The molecular formula is C14H18FN3O2S. The SMILES string of the molecule is CCC(C#N)N1CCN(S(=O)(=O)c2ccccc2F)CC1. The Morgan fingerprint density at radius 1 is 1.29 bits per heavy atom. The smallest absolute Gasteiger partial charge is 0.246 e. The van der Waals surface area contributed by atoms with E-state index in [1.165, 1.54) is 22.5 Å². The molecule has 1 saturated heterocycles. The maximum Gasteiger partial charge on any atom is 0.246 e. The molecule has 0 radical (unpaired) electrons. The zero-order valence-electron chi connectivity index (χ0n) is 11.9. The molecule has 5 nitrogen and oxygen atoms in total. The number of sulfonamides is 1. The quantitative estimate of drug-likeness (QED) is 0.844. The van der Waals surface area contributed by atoms with Crippen molar-refractivity contribution < 1.29 is 12.8 Å². The molecule has 0 aliphatic carbocycles. The van der Waals surface area contributed by atoms with Gasteiger partial charge in [0.25, 0.3) is 0 Å². The fourth-order valence-electron chi connectivity index (χ4n) is 2.48. The highest BCUT2D eigenvalue weighted by Gasteiger charge is 2.31. The van der Waals surface area contributed by atoms with Crippen LogP contribution in [-0.2, 0) is 10.0 Å². The van der Waals surface area contributed by atoms with E-state index in [-0.39, 0.29) is 24.0 Å². The van der Waals surface area contributed by atoms with Crippen LogP contribution in [0, 0.1) is 17.1 Å². The Balaban J connectivity index is 2.12. The van der Waals surface area contributed by atoms with E-state index >= 15 is 0 Å². The maximum atomic E-state index is 13.7. The molecular weight excluding hydrogens is 293 g/mol. The van der Waals surface area contributed by atoms with E-state index in [0.29, 0.717) is 19.5 Å². The molecule has 0 aromatic heterocycles. The largest absolute Gasteiger partial charge is 0.285 e. The second kappa shape index (κ2) is 6.52. The Labute approximate surface area is 124 Å². The van der Waals surface area contributed by atoms with E-state index in [1.54, 1.807) is 0 Å². The first-order valence-corrected chi connectivity index (χ1v) is 8.33. The van der Waals surface area contributed by atoms with Crippen molar-refractivity contribution in [1.82, 2.24) is 9.21 Å². The third kappa shape index (κ3) is 3.23. The third-order valence-corrected chi connectivity index (χ3v) is 5.64. The topological polar surface area (TPSA) is 64.4 Å². The van der Waals surface area contributed by atoms with Crippen LogP contribution in [0.3, 0.4) is 0 Å². The van der Waals surface area contributed by atoms with Crippen LogP contribution in [0.2, 0.25) is 0 Å². The summed E-state index contributed by atoms with van der Waals surface area (Å²) in [5, 5.41) is 9.05. The molecule has 7 heteroatoms. The molecule has 0 amide bonds. The Morgan fingerprint density at radius 2 is 1.90 bits per heavy atom. The molecule has 0 saturated carbocycles. The van der Waals surface area contributed by atoms with Crippen LogP contribution in [-0.4, -0.2) is 49.8 Å². The summed E-state index contributed by atoms with van der Waals surface area (Å²) in [7, 11) is -3.81. The van der Waals surface area contributed by atoms with Crippen LogP contribution in [0.25, 0.3) is 0 Å². The van der Waals surface area contributed by atoms with E-state index in [1.807, 2.05) is 11.8 Å². The average molecular weight is 311 g/mol. The predicted octanol–water partition coefficient (Wildman–Crippen LogP) is 1.43. The standard InChI is InChI=1S/C14H18FN3O2S/c1-2-12(11-16)17-7-9-18(10-8-17)21(19,20)14-6-4-3-5-13(14)15/h3-6,12H,2,7-10H2,1H3. The number of nitrogens with zero attached hydrogens (tertiary/aromatic N) is 3. The predicted molar refractivity (Wildman–Crippen MR) is 76.4 cm³/mol. The minimum Gasteiger partial charge on any atom is -0.285 e. The highest BCUT2D eigenvalue weighted by Crippen LogP contribution is 2.21. The number of hydrogen-bond donors (Lipinski definition) is 0. The molecule has 2 rings (SSSR count). The van der Waals surface area contributed by atoms with Crippen molar-refractivity contribution in [3.63, 3.8) is 0 Å². The van der Waals surface area contributed by atoms with E-state index < -0.39 is 15.8 Å². The zero-order chi connectivity index (χ0) is 15.5. The summed E-state index contributed by atoms with van der Waals surface area (Å²) in [6.07, 6.45) is 0.705. The molecule has 1 heterocycles.